The Morgan fingerprint density at radius 3 is 1.84 bits per heavy atom. The van der Waals surface area contributed by atoms with Crippen LogP contribution in [-0.2, 0) is 10.2 Å². The van der Waals surface area contributed by atoms with Crippen LogP contribution in [-0.4, -0.2) is 18.8 Å². The van der Waals surface area contributed by atoms with Gasteiger partial charge < -0.3 is 4.74 Å². The van der Waals surface area contributed by atoms with E-state index in [0.29, 0.717) is 0 Å². The van der Waals surface area contributed by atoms with Crippen molar-refractivity contribution < 1.29 is 43.9 Å². The predicted octanol–water partition coefficient (Wildman–Crippen LogP) is 1.83. The lowest BCUT2D eigenvalue weighted by Gasteiger charge is -2.18. The fourth-order valence-electron chi connectivity index (χ4n) is 2.02. The molecule has 2 aromatic rings. The second-order valence-corrected chi connectivity index (χ2v) is 9.58. The molecule has 0 heterocycles. The number of benzene rings is 2. The molecule has 134 valence electrons. The van der Waals surface area contributed by atoms with Gasteiger partial charge in [-0.05, 0) is 47.4 Å². The topological polar surface area (TPSA) is 26.3 Å². The third-order valence-electron chi connectivity index (χ3n) is 3.38. The summed E-state index contributed by atoms with van der Waals surface area (Å²) in [7, 11) is 0. The van der Waals surface area contributed by atoms with E-state index in [2.05, 4.69) is 49.8 Å². The molecule has 0 aliphatic heterocycles. The number of halogens is 4. The maximum absolute atomic E-state index is 12.1. The lowest BCUT2D eigenvalue weighted by Crippen LogP contribution is -3.61. The molecular weight excluding hydrogens is 444 g/mol. The first-order valence-corrected chi connectivity index (χ1v) is 9.80. The van der Waals surface area contributed by atoms with E-state index >= 15 is 0 Å². The minimum atomic E-state index is -4.51. The average molecular weight is 463 g/mol. The van der Waals surface area contributed by atoms with Crippen LogP contribution < -0.4 is 21.2 Å². The average Bonchev–Trinajstić information content (AvgIpc) is 2.52. The number of carbonyl (C=O) groups excluding carboxylic acids is 1. The first-order chi connectivity index (χ1) is 11.5. The van der Waals surface area contributed by atoms with E-state index in [4.69, 9.17) is 0 Å². The molecule has 0 saturated heterocycles. The van der Waals surface area contributed by atoms with E-state index in [9.17, 15) is 18.0 Å². The van der Waals surface area contributed by atoms with Gasteiger partial charge in [-0.3, -0.25) is 0 Å². The first-order valence-electron chi connectivity index (χ1n) is 7.64. The Morgan fingerprint density at radius 1 is 0.920 bits per heavy atom. The summed E-state index contributed by atoms with van der Waals surface area (Å²) in [5.74, 6) is -0.961. The van der Waals surface area contributed by atoms with Crippen LogP contribution in [0.3, 0.4) is 0 Å². The zero-order chi connectivity index (χ0) is 18.7. The van der Waals surface area contributed by atoms with Gasteiger partial charge in [0.15, 0.2) is 13.7 Å². The second kappa shape index (κ2) is 7.76. The van der Waals surface area contributed by atoms with Crippen molar-refractivity contribution in [3.8, 4) is 0 Å². The summed E-state index contributed by atoms with van der Waals surface area (Å²) in [4.78, 5) is 11.6. The number of esters is 1. The van der Waals surface area contributed by atoms with Crippen LogP contribution in [0.4, 0.5) is 13.2 Å². The number of hydrogen-bond acceptors (Lipinski definition) is 2. The van der Waals surface area contributed by atoms with Gasteiger partial charge in [-0.2, -0.15) is 13.2 Å². The molecule has 0 aliphatic rings. The quantitative estimate of drug-likeness (QED) is 0.511. The molecular formula is C19H19F3IO2+. The normalized spacial score (nSPS) is 12.1. The molecule has 2 nitrogen and oxygen atoms in total. The highest BCUT2D eigenvalue weighted by atomic mass is 127. The summed E-state index contributed by atoms with van der Waals surface area (Å²) in [5, 5.41) is 0. The lowest BCUT2D eigenvalue weighted by molar-refractivity contribution is -0.597. The maximum atomic E-state index is 12.1. The van der Waals surface area contributed by atoms with E-state index in [0.717, 1.165) is 3.57 Å². The Kier molecular flexibility index (Phi) is 6.13. The number of hydrogen-bond donors (Lipinski definition) is 0. The van der Waals surface area contributed by atoms with Gasteiger partial charge in [0.2, 0.25) is 0 Å². The molecule has 0 N–H and O–H groups in total. The van der Waals surface area contributed by atoms with Crippen molar-refractivity contribution in [3.05, 3.63) is 66.8 Å². The molecule has 0 atom stereocenters. The van der Waals surface area contributed by atoms with Gasteiger partial charge in [-0.15, -0.1) is 0 Å². The highest BCUT2D eigenvalue weighted by molar-refractivity contribution is 5.89. The first kappa shape index (κ1) is 19.8. The summed E-state index contributed by atoms with van der Waals surface area (Å²) < 4.78 is 42.8. The Labute approximate surface area is 155 Å². The Balaban J connectivity index is 1.99. The Hall–Kier alpha value is -1.57. The third-order valence-corrected chi connectivity index (χ3v) is 6.06. The van der Waals surface area contributed by atoms with Crippen LogP contribution in [0.25, 0.3) is 0 Å². The predicted molar refractivity (Wildman–Crippen MR) is 85.3 cm³/mol. The fourth-order valence-corrected chi connectivity index (χ4v) is 4.18. The molecule has 0 aromatic heterocycles. The smallest absolute Gasteiger partial charge is 0.422 e. The molecule has 0 saturated carbocycles. The molecule has 2 aromatic carbocycles. The molecule has 0 spiro atoms. The fraction of sp³-hybridized carbons (Fsp3) is 0.316. The van der Waals surface area contributed by atoms with Crippen molar-refractivity contribution in [2.45, 2.75) is 32.4 Å². The standard InChI is InChI=1S/C19H19F3IO2/c1-18(2,3)14-6-10-16(11-7-14)23-15-8-4-13(5-9-15)17(24)25-12-19(20,21)22/h4-11H,12H2,1-3H3/q+1. The van der Waals surface area contributed by atoms with E-state index in [1.54, 1.807) is 12.1 Å². The summed E-state index contributed by atoms with van der Waals surface area (Å²) >= 11 is -0.413. The Bertz CT molecular complexity index is 714. The van der Waals surface area contributed by atoms with Gasteiger partial charge >= 0.3 is 33.4 Å². The summed E-state index contributed by atoms with van der Waals surface area (Å²) in [5.41, 5.74) is 1.50. The van der Waals surface area contributed by atoms with Crippen LogP contribution in [0.1, 0.15) is 36.7 Å². The van der Waals surface area contributed by atoms with Crippen LogP contribution >= 0.6 is 0 Å². The van der Waals surface area contributed by atoms with Gasteiger partial charge in [0.25, 0.3) is 0 Å². The van der Waals surface area contributed by atoms with Crippen molar-refractivity contribution >= 4 is 5.97 Å². The van der Waals surface area contributed by atoms with Gasteiger partial charge in [-0.1, -0.05) is 32.9 Å². The van der Waals surface area contributed by atoms with E-state index in [1.165, 1.54) is 21.3 Å². The SMILES string of the molecule is CC(C)(C)c1ccc([I+]c2ccc(C(=O)OCC(F)(F)F)cc2)cc1. The number of carbonyl (C=O) groups is 1. The van der Waals surface area contributed by atoms with Crippen molar-refractivity contribution in [2.75, 3.05) is 6.61 Å². The largest absolute Gasteiger partial charge is 0.452 e. The van der Waals surface area contributed by atoms with Gasteiger partial charge in [0.05, 0.1) is 5.56 Å². The minimum Gasteiger partial charge on any atom is -0.452 e. The lowest BCUT2D eigenvalue weighted by atomic mass is 9.87. The van der Waals surface area contributed by atoms with Crippen LogP contribution in [0.15, 0.2) is 48.5 Å². The molecule has 0 bridgehead atoms. The number of rotatable bonds is 4. The monoisotopic (exact) mass is 463 g/mol. The molecule has 0 unspecified atom stereocenters. The Morgan fingerprint density at radius 2 is 1.40 bits per heavy atom. The zero-order valence-corrected chi connectivity index (χ0v) is 16.3. The summed E-state index contributed by atoms with van der Waals surface area (Å²) in [6.45, 7) is 4.91. The van der Waals surface area contributed by atoms with Gasteiger partial charge in [0, 0.05) is 0 Å². The van der Waals surface area contributed by atoms with Crippen molar-refractivity contribution in [2.24, 2.45) is 0 Å². The minimum absolute atomic E-state index is 0.106. The molecule has 0 amide bonds. The van der Waals surface area contributed by atoms with E-state index in [1.807, 2.05) is 0 Å². The highest BCUT2D eigenvalue weighted by Gasteiger charge is 2.30. The van der Waals surface area contributed by atoms with Gasteiger partial charge in [0.1, 0.15) is 0 Å². The molecule has 0 fully saturated rings. The number of ether oxygens (including phenoxy) is 1. The van der Waals surface area contributed by atoms with E-state index in [-0.39, 0.29) is 11.0 Å². The van der Waals surface area contributed by atoms with E-state index < -0.39 is 40.0 Å². The summed E-state index contributed by atoms with van der Waals surface area (Å²) in [6.07, 6.45) is -4.51. The van der Waals surface area contributed by atoms with Crippen molar-refractivity contribution in [1.82, 2.24) is 0 Å². The molecule has 0 aliphatic carbocycles. The van der Waals surface area contributed by atoms with Crippen LogP contribution in [0, 0.1) is 7.14 Å². The molecule has 2 rings (SSSR count). The van der Waals surface area contributed by atoms with Crippen LogP contribution in [0.5, 0.6) is 0 Å². The van der Waals surface area contributed by atoms with Crippen molar-refractivity contribution in [3.63, 3.8) is 0 Å². The van der Waals surface area contributed by atoms with Crippen LogP contribution in [0.2, 0.25) is 0 Å². The second-order valence-electron chi connectivity index (χ2n) is 6.55. The molecule has 0 radical (unpaired) electrons. The summed E-state index contributed by atoms with van der Waals surface area (Å²) in [6, 6.07) is 15.0. The van der Waals surface area contributed by atoms with Gasteiger partial charge in [-0.25, -0.2) is 4.79 Å². The highest BCUT2D eigenvalue weighted by Crippen LogP contribution is 2.20. The number of alkyl halides is 3. The molecule has 25 heavy (non-hydrogen) atoms. The molecule has 6 heteroatoms. The maximum Gasteiger partial charge on any atom is 0.422 e. The van der Waals surface area contributed by atoms with Crippen molar-refractivity contribution in [1.29, 1.82) is 0 Å². The zero-order valence-electron chi connectivity index (χ0n) is 14.2. The third kappa shape index (κ3) is 6.34.